The zero-order valence-electron chi connectivity index (χ0n) is 11.2. The molecule has 3 N–H and O–H groups in total. The molecule has 0 radical (unpaired) electrons. The number of nitrogens with one attached hydrogen (secondary N) is 2. The van der Waals surface area contributed by atoms with Gasteiger partial charge in [-0.1, -0.05) is 0 Å². The Morgan fingerprint density at radius 1 is 1.15 bits per heavy atom. The number of carboxylic acids is 1. The number of imide groups is 1. The maximum absolute atomic E-state index is 11.4. The molecule has 1 heterocycles. The summed E-state index contributed by atoms with van der Waals surface area (Å²) in [6.45, 7) is 1.75. The molecule has 1 saturated heterocycles. The minimum absolute atomic E-state index is 0.0263. The standard InChI is InChI=1S/C12H20N2O6/c15-10(3-1-2-4-11(16)17)14-12(18)13-7-9-8-19-5-6-20-9/h9H,1-8H2,(H,16,17)(H2,13,14,15,18). The molecular formula is C12H20N2O6. The fourth-order valence-electron chi connectivity index (χ4n) is 1.66. The van der Waals surface area contributed by atoms with Gasteiger partial charge in [0.2, 0.25) is 5.91 Å². The number of aliphatic carboxylic acids is 1. The Balaban J connectivity index is 2.05. The zero-order chi connectivity index (χ0) is 14.8. The van der Waals surface area contributed by atoms with E-state index >= 15 is 0 Å². The van der Waals surface area contributed by atoms with Crippen molar-refractivity contribution in [3.63, 3.8) is 0 Å². The van der Waals surface area contributed by atoms with Gasteiger partial charge < -0.3 is 19.9 Å². The maximum atomic E-state index is 11.4. The third kappa shape index (κ3) is 7.70. The molecule has 0 bridgehead atoms. The maximum Gasteiger partial charge on any atom is 0.321 e. The minimum atomic E-state index is -0.891. The molecule has 8 heteroatoms. The quantitative estimate of drug-likeness (QED) is 0.562. The van der Waals surface area contributed by atoms with Crippen LogP contribution in [0.2, 0.25) is 0 Å². The van der Waals surface area contributed by atoms with Gasteiger partial charge in [0.05, 0.1) is 25.9 Å². The van der Waals surface area contributed by atoms with Crippen LogP contribution in [0.3, 0.4) is 0 Å². The molecule has 0 spiro atoms. The van der Waals surface area contributed by atoms with Gasteiger partial charge in [-0.3, -0.25) is 14.9 Å². The summed E-state index contributed by atoms with van der Waals surface area (Å²) < 4.78 is 10.5. The van der Waals surface area contributed by atoms with Crippen molar-refractivity contribution in [2.45, 2.75) is 31.8 Å². The molecule has 0 aromatic carbocycles. The summed E-state index contributed by atoms with van der Waals surface area (Å²) in [6.07, 6.45) is 0.811. The van der Waals surface area contributed by atoms with E-state index in [0.29, 0.717) is 32.7 Å². The molecule has 1 aliphatic heterocycles. The van der Waals surface area contributed by atoms with Crippen molar-refractivity contribution in [3.8, 4) is 0 Å². The Morgan fingerprint density at radius 3 is 2.55 bits per heavy atom. The predicted octanol–water partition coefficient (Wildman–Crippen LogP) is -0.127. The molecule has 114 valence electrons. The lowest BCUT2D eigenvalue weighted by Crippen LogP contribution is -2.45. The second kappa shape index (κ2) is 9.27. The second-order valence-corrected chi connectivity index (χ2v) is 4.43. The highest BCUT2D eigenvalue weighted by Gasteiger charge is 2.15. The Bertz CT molecular complexity index is 341. The molecule has 1 fully saturated rings. The molecule has 0 saturated carbocycles. The van der Waals surface area contributed by atoms with E-state index < -0.39 is 17.9 Å². The van der Waals surface area contributed by atoms with Crippen LogP contribution < -0.4 is 10.6 Å². The summed E-state index contributed by atoms with van der Waals surface area (Å²) in [5, 5.41) is 13.1. The van der Waals surface area contributed by atoms with Crippen molar-refractivity contribution in [1.29, 1.82) is 0 Å². The van der Waals surface area contributed by atoms with E-state index in [-0.39, 0.29) is 25.5 Å². The first-order valence-corrected chi connectivity index (χ1v) is 6.56. The van der Waals surface area contributed by atoms with Gasteiger partial charge in [0.15, 0.2) is 0 Å². The van der Waals surface area contributed by atoms with Crippen LogP contribution in [0.5, 0.6) is 0 Å². The molecule has 0 aromatic heterocycles. The van der Waals surface area contributed by atoms with Gasteiger partial charge in [-0.05, 0) is 12.8 Å². The number of carbonyl (C=O) groups excluding carboxylic acids is 2. The van der Waals surface area contributed by atoms with E-state index in [4.69, 9.17) is 14.6 Å². The monoisotopic (exact) mass is 288 g/mol. The first-order chi connectivity index (χ1) is 9.58. The minimum Gasteiger partial charge on any atom is -0.481 e. The smallest absolute Gasteiger partial charge is 0.321 e. The van der Waals surface area contributed by atoms with E-state index in [0.717, 1.165) is 0 Å². The lowest BCUT2D eigenvalue weighted by molar-refractivity contribution is -0.137. The number of ether oxygens (including phenoxy) is 2. The molecule has 1 rings (SSSR count). The van der Waals surface area contributed by atoms with E-state index in [9.17, 15) is 14.4 Å². The first kappa shape index (κ1) is 16.4. The fraction of sp³-hybridized carbons (Fsp3) is 0.750. The van der Waals surface area contributed by atoms with Crippen molar-refractivity contribution in [2.75, 3.05) is 26.4 Å². The lowest BCUT2D eigenvalue weighted by atomic mass is 10.2. The third-order valence-corrected chi connectivity index (χ3v) is 2.67. The zero-order valence-corrected chi connectivity index (χ0v) is 11.2. The second-order valence-electron chi connectivity index (χ2n) is 4.43. The average Bonchev–Trinajstić information content (AvgIpc) is 2.42. The molecular weight excluding hydrogens is 268 g/mol. The Labute approximate surface area is 116 Å². The van der Waals surface area contributed by atoms with Crippen LogP contribution in [0.15, 0.2) is 0 Å². The van der Waals surface area contributed by atoms with Gasteiger partial charge in [0.1, 0.15) is 0 Å². The number of rotatable bonds is 7. The Morgan fingerprint density at radius 2 is 1.90 bits per heavy atom. The van der Waals surface area contributed by atoms with Crippen LogP contribution in [0.4, 0.5) is 4.79 Å². The van der Waals surface area contributed by atoms with E-state index in [2.05, 4.69) is 10.6 Å². The normalized spacial score (nSPS) is 18.3. The van der Waals surface area contributed by atoms with Crippen LogP contribution >= 0.6 is 0 Å². The number of carboxylic acid groups (broad SMARTS) is 1. The molecule has 1 aliphatic rings. The van der Waals surface area contributed by atoms with E-state index in [1.54, 1.807) is 0 Å². The van der Waals surface area contributed by atoms with Crippen molar-refractivity contribution < 1.29 is 29.0 Å². The van der Waals surface area contributed by atoms with Crippen LogP contribution in [-0.2, 0) is 19.1 Å². The fourth-order valence-corrected chi connectivity index (χ4v) is 1.66. The largest absolute Gasteiger partial charge is 0.481 e. The summed E-state index contributed by atoms with van der Waals surface area (Å²) in [6, 6.07) is -0.581. The first-order valence-electron chi connectivity index (χ1n) is 6.56. The Hall–Kier alpha value is -1.67. The molecule has 20 heavy (non-hydrogen) atoms. The van der Waals surface area contributed by atoms with Crippen molar-refractivity contribution in [2.24, 2.45) is 0 Å². The van der Waals surface area contributed by atoms with Gasteiger partial charge in [0.25, 0.3) is 0 Å². The summed E-state index contributed by atoms with van der Waals surface area (Å²) in [5.41, 5.74) is 0. The van der Waals surface area contributed by atoms with Gasteiger partial charge in [-0.2, -0.15) is 0 Å². The van der Waals surface area contributed by atoms with Crippen LogP contribution in [0, 0.1) is 0 Å². The van der Waals surface area contributed by atoms with E-state index in [1.807, 2.05) is 0 Å². The van der Waals surface area contributed by atoms with Crippen LogP contribution in [0.1, 0.15) is 25.7 Å². The number of hydrogen-bond donors (Lipinski definition) is 3. The van der Waals surface area contributed by atoms with Gasteiger partial charge in [-0.15, -0.1) is 0 Å². The molecule has 0 aliphatic carbocycles. The van der Waals surface area contributed by atoms with Crippen molar-refractivity contribution >= 4 is 17.9 Å². The summed E-state index contributed by atoms with van der Waals surface area (Å²) in [4.78, 5) is 33.0. The molecule has 1 unspecified atom stereocenters. The van der Waals surface area contributed by atoms with Crippen molar-refractivity contribution in [1.82, 2.24) is 10.6 Å². The highest BCUT2D eigenvalue weighted by Crippen LogP contribution is 2.00. The molecule has 3 amide bonds. The number of hydrogen-bond acceptors (Lipinski definition) is 5. The van der Waals surface area contributed by atoms with Gasteiger partial charge in [-0.25, -0.2) is 4.79 Å². The predicted molar refractivity (Wildman–Crippen MR) is 68.2 cm³/mol. The molecule has 0 aromatic rings. The van der Waals surface area contributed by atoms with Gasteiger partial charge >= 0.3 is 12.0 Å². The van der Waals surface area contributed by atoms with Gasteiger partial charge in [0, 0.05) is 19.4 Å². The van der Waals surface area contributed by atoms with Crippen LogP contribution in [-0.4, -0.2) is 55.5 Å². The highest BCUT2D eigenvalue weighted by atomic mass is 16.6. The Kier molecular flexibility index (Phi) is 7.59. The molecule has 8 nitrogen and oxygen atoms in total. The summed E-state index contributed by atoms with van der Waals surface area (Å²) in [7, 11) is 0. The number of carbonyl (C=O) groups is 3. The van der Waals surface area contributed by atoms with Crippen LogP contribution in [0.25, 0.3) is 0 Å². The highest BCUT2D eigenvalue weighted by molar-refractivity contribution is 5.94. The summed E-state index contributed by atoms with van der Waals surface area (Å²) >= 11 is 0. The number of unbranched alkanes of at least 4 members (excludes halogenated alkanes) is 1. The average molecular weight is 288 g/mol. The topological polar surface area (TPSA) is 114 Å². The number of amides is 3. The summed E-state index contributed by atoms with van der Waals surface area (Å²) in [5.74, 6) is -1.31. The van der Waals surface area contributed by atoms with E-state index in [1.165, 1.54) is 0 Å². The SMILES string of the molecule is O=C(O)CCCCC(=O)NC(=O)NCC1COCCO1. The molecule has 1 atom stereocenters. The lowest BCUT2D eigenvalue weighted by Gasteiger charge is -2.22. The van der Waals surface area contributed by atoms with Crippen molar-refractivity contribution in [3.05, 3.63) is 0 Å². The third-order valence-electron chi connectivity index (χ3n) is 2.67. The number of urea groups is 1.